The number of carboxylic acids is 1. The Morgan fingerprint density at radius 2 is 2.29 bits per heavy atom. The number of nitrogens with zero attached hydrogens (tertiary/aromatic N) is 1. The molecular weight excluding hydrogens is 182 g/mol. The third-order valence-corrected chi connectivity index (χ3v) is 2.09. The summed E-state index contributed by atoms with van der Waals surface area (Å²) < 4.78 is 0. The highest BCUT2D eigenvalue weighted by Crippen LogP contribution is 2.19. The van der Waals surface area contributed by atoms with Gasteiger partial charge in [-0.1, -0.05) is 12.2 Å². The molecule has 4 nitrogen and oxygen atoms in total. The Labute approximate surface area is 82.5 Å². The van der Waals surface area contributed by atoms with Gasteiger partial charge in [-0.25, -0.2) is 4.79 Å². The lowest BCUT2D eigenvalue weighted by Crippen LogP contribution is -2.34. The van der Waals surface area contributed by atoms with Gasteiger partial charge in [0.15, 0.2) is 0 Å². The van der Waals surface area contributed by atoms with E-state index in [0.717, 1.165) is 0 Å². The molecular formula is C10H13NO3. The molecule has 1 atom stereocenters. The molecule has 1 amide bonds. The van der Waals surface area contributed by atoms with E-state index in [2.05, 4.69) is 0 Å². The second-order valence-electron chi connectivity index (χ2n) is 3.06. The van der Waals surface area contributed by atoms with Crippen molar-refractivity contribution in [2.24, 2.45) is 0 Å². The molecule has 76 valence electrons. The SMILES string of the molecule is C/C=C/C=C/N1C(=O)CC[C@H]1C(=O)O. The van der Waals surface area contributed by atoms with Crippen molar-refractivity contribution in [2.45, 2.75) is 25.8 Å². The molecule has 1 fully saturated rings. The second-order valence-corrected chi connectivity index (χ2v) is 3.06. The molecule has 4 heteroatoms. The topological polar surface area (TPSA) is 57.6 Å². The fraction of sp³-hybridized carbons (Fsp3) is 0.400. The number of likely N-dealkylation sites (tertiary alicyclic amines) is 1. The Kier molecular flexibility index (Phi) is 3.45. The molecule has 0 saturated carbocycles. The number of carbonyl (C=O) groups excluding carboxylic acids is 1. The summed E-state index contributed by atoms with van der Waals surface area (Å²) in [6.45, 7) is 1.85. The number of amides is 1. The number of hydrogen-bond donors (Lipinski definition) is 1. The van der Waals surface area contributed by atoms with Gasteiger partial charge < -0.3 is 10.0 Å². The van der Waals surface area contributed by atoms with Crippen LogP contribution in [0.1, 0.15) is 19.8 Å². The molecule has 1 heterocycles. The molecule has 0 aromatic heterocycles. The molecule has 0 spiro atoms. The zero-order valence-corrected chi connectivity index (χ0v) is 8.01. The van der Waals surface area contributed by atoms with Crippen LogP contribution in [0.15, 0.2) is 24.4 Å². The summed E-state index contributed by atoms with van der Waals surface area (Å²) in [5.74, 6) is -1.07. The van der Waals surface area contributed by atoms with Gasteiger partial charge in [0.25, 0.3) is 0 Å². The van der Waals surface area contributed by atoms with Crippen molar-refractivity contribution in [1.82, 2.24) is 4.90 Å². The number of carboxylic acid groups (broad SMARTS) is 1. The Bertz CT molecular complexity index is 294. The fourth-order valence-electron chi connectivity index (χ4n) is 1.39. The van der Waals surface area contributed by atoms with Gasteiger partial charge in [0.1, 0.15) is 6.04 Å². The lowest BCUT2D eigenvalue weighted by atomic mass is 10.2. The van der Waals surface area contributed by atoms with Gasteiger partial charge >= 0.3 is 5.97 Å². The maximum Gasteiger partial charge on any atom is 0.326 e. The smallest absolute Gasteiger partial charge is 0.326 e. The van der Waals surface area contributed by atoms with Crippen LogP contribution in [0.3, 0.4) is 0 Å². The first kappa shape index (κ1) is 10.5. The number of allylic oxidation sites excluding steroid dienone is 3. The van der Waals surface area contributed by atoms with E-state index in [1.165, 1.54) is 11.1 Å². The number of hydrogen-bond acceptors (Lipinski definition) is 2. The Balaban J connectivity index is 2.72. The van der Waals surface area contributed by atoms with Gasteiger partial charge in [-0.3, -0.25) is 4.79 Å². The minimum atomic E-state index is -0.944. The summed E-state index contributed by atoms with van der Waals surface area (Å²) in [4.78, 5) is 23.3. The predicted octanol–water partition coefficient (Wildman–Crippen LogP) is 1.15. The van der Waals surface area contributed by atoms with E-state index in [4.69, 9.17) is 5.11 Å². The van der Waals surface area contributed by atoms with Crippen molar-refractivity contribution in [2.75, 3.05) is 0 Å². The van der Waals surface area contributed by atoms with Gasteiger partial charge in [0.2, 0.25) is 5.91 Å². The molecule has 0 aromatic carbocycles. The second kappa shape index (κ2) is 4.60. The van der Waals surface area contributed by atoms with Crippen LogP contribution in [0, 0.1) is 0 Å². The normalized spacial score (nSPS) is 22.8. The van der Waals surface area contributed by atoms with E-state index in [0.29, 0.717) is 12.8 Å². The highest BCUT2D eigenvalue weighted by Gasteiger charge is 2.34. The van der Waals surface area contributed by atoms with E-state index in [1.54, 1.807) is 12.2 Å². The van der Waals surface area contributed by atoms with Gasteiger partial charge in [0, 0.05) is 12.6 Å². The first-order valence-electron chi connectivity index (χ1n) is 4.50. The highest BCUT2D eigenvalue weighted by atomic mass is 16.4. The molecule has 0 bridgehead atoms. The monoisotopic (exact) mass is 195 g/mol. The molecule has 0 unspecified atom stereocenters. The molecule has 1 saturated heterocycles. The van der Waals surface area contributed by atoms with Gasteiger partial charge in [0.05, 0.1) is 0 Å². The summed E-state index contributed by atoms with van der Waals surface area (Å²) in [5, 5.41) is 8.81. The van der Waals surface area contributed by atoms with E-state index in [9.17, 15) is 9.59 Å². The third kappa shape index (κ3) is 2.22. The number of rotatable bonds is 3. The van der Waals surface area contributed by atoms with Crippen LogP contribution in [0.5, 0.6) is 0 Å². The average Bonchev–Trinajstić information content (AvgIpc) is 2.48. The van der Waals surface area contributed by atoms with Crippen LogP contribution >= 0.6 is 0 Å². The van der Waals surface area contributed by atoms with Crippen LogP contribution in [0.2, 0.25) is 0 Å². The van der Waals surface area contributed by atoms with Crippen LogP contribution in [0.4, 0.5) is 0 Å². The van der Waals surface area contributed by atoms with Crippen LogP contribution in [0.25, 0.3) is 0 Å². The van der Waals surface area contributed by atoms with E-state index in [-0.39, 0.29) is 5.91 Å². The summed E-state index contributed by atoms with van der Waals surface area (Å²) in [7, 11) is 0. The summed E-state index contributed by atoms with van der Waals surface area (Å²) in [6.07, 6.45) is 7.47. The van der Waals surface area contributed by atoms with Crippen molar-refractivity contribution >= 4 is 11.9 Å². The molecule has 14 heavy (non-hydrogen) atoms. The Morgan fingerprint density at radius 3 is 2.86 bits per heavy atom. The molecule has 1 aliphatic rings. The minimum Gasteiger partial charge on any atom is -0.480 e. The summed E-state index contributed by atoms with van der Waals surface area (Å²) >= 11 is 0. The average molecular weight is 195 g/mol. The quantitative estimate of drug-likeness (QED) is 0.687. The van der Waals surface area contributed by atoms with Crippen molar-refractivity contribution in [3.63, 3.8) is 0 Å². The van der Waals surface area contributed by atoms with Crippen molar-refractivity contribution in [1.29, 1.82) is 0 Å². The summed E-state index contributed by atoms with van der Waals surface area (Å²) in [5.41, 5.74) is 0. The van der Waals surface area contributed by atoms with Crippen molar-refractivity contribution < 1.29 is 14.7 Å². The number of carbonyl (C=O) groups is 2. The largest absolute Gasteiger partial charge is 0.480 e. The molecule has 0 aliphatic carbocycles. The van der Waals surface area contributed by atoms with Gasteiger partial charge in [-0.15, -0.1) is 0 Å². The fourth-order valence-corrected chi connectivity index (χ4v) is 1.39. The zero-order chi connectivity index (χ0) is 10.6. The third-order valence-electron chi connectivity index (χ3n) is 2.09. The first-order chi connectivity index (χ1) is 6.66. The van der Waals surface area contributed by atoms with E-state index in [1.807, 2.05) is 13.0 Å². The number of aliphatic carboxylic acids is 1. The molecule has 1 rings (SSSR count). The standard InChI is InChI=1S/C10H13NO3/c1-2-3-4-7-11-8(10(13)14)5-6-9(11)12/h2-4,7-8H,5-6H2,1H3,(H,13,14)/b3-2+,7-4+/t8-/m0/s1. The maximum absolute atomic E-state index is 11.3. The van der Waals surface area contributed by atoms with Crippen LogP contribution < -0.4 is 0 Å². The van der Waals surface area contributed by atoms with Crippen LogP contribution in [-0.4, -0.2) is 27.9 Å². The summed E-state index contributed by atoms with van der Waals surface area (Å²) in [6, 6.07) is -0.691. The van der Waals surface area contributed by atoms with Crippen molar-refractivity contribution in [3.8, 4) is 0 Å². The lowest BCUT2D eigenvalue weighted by Gasteiger charge is -2.15. The molecule has 0 radical (unpaired) electrons. The maximum atomic E-state index is 11.3. The Morgan fingerprint density at radius 1 is 1.57 bits per heavy atom. The Hall–Kier alpha value is -1.58. The lowest BCUT2D eigenvalue weighted by molar-refractivity contribution is -0.144. The highest BCUT2D eigenvalue weighted by molar-refractivity contribution is 5.88. The first-order valence-corrected chi connectivity index (χ1v) is 4.50. The van der Waals surface area contributed by atoms with E-state index < -0.39 is 12.0 Å². The minimum absolute atomic E-state index is 0.127. The zero-order valence-electron chi connectivity index (χ0n) is 8.01. The van der Waals surface area contributed by atoms with Gasteiger partial charge in [-0.05, 0) is 19.4 Å². The predicted molar refractivity (Wildman–Crippen MR) is 51.5 cm³/mol. The van der Waals surface area contributed by atoms with E-state index >= 15 is 0 Å². The molecule has 0 aromatic rings. The van der Waals surface area contributed by atoms with Crippen molar-refractivity contribution in [3.05, 3.63) is 24.4 Å². The van der Waals surface area contributed by atoms with Crippen LogP contribution in [-0.2, 0) is 9.59 Å². The van der Waals surface area contributed by atoms with Gasteiger partial charge in [-0.2, -0.15) is 0 Å². The molecule has 1 N–H and O–H groups in total. The molecule has 1 aliphatic heterocycles.